The molecule has 15 heavy (non-hydrogen) atoms. The first-order valence-electron chi connectivity index (χ1n) is 4.75. The summed E-state index contributed by atoms with van der Waals surface area (Å²) in [5, 5.41) is 3.08. The van der Waals surface area contributed by atoms with Gasteiger partial charge >= 0.3 is 0 Å². The SMILES string of the molecule is CC1(c2cccc(F)c2)CC(F)CN1.Cl. The Morgan fingerprint density at radius 2 is 2.20 bits per heavy atom. The molecule has 1 aromatic rings. The molecule has 2 atom stereocenters. The molecule has 1 fully saturated rings. The van der Waals surface area contributed by atoms with Gasteiger partial charge in [-0.3, -0.25) is 0 Å². The van der Waals surface area contributed by atoms with E-state index in [1.165, 1.54) is 12.1 Å². The summed E-state index contributed by atoms with van der Waals surface area (Å²) in [7, 11) is 0. The molecule has 1 aliphatic rings. The van der Waals surface area contributed by atoms with Gasteiger partial charge in [0.05, 0.1) is 0 Å². The standard InChI is InChI=1S/C11H13F2N.ClH/c1-11(6-10(13)7-14-11)8-3-2-4-9(12)5-8;/h2-5,10,14H,6-7H2,1H3;1H. The summed E-state index contributed by atoms with van der Waals surface area (Å²) >= 11 is 0. The highest BCUT2D eigenvalue weighted by Crippen LogP contribution is 2.31. The third-order valence-electron chi connectivity index (χ3n) is 2.81. The van der Waals surface area contributed by atoms with Crippen molar-refractivity contribution in [2.24, 2.45) is 0 Å². The van der Waals surface area contributed by atoms with Crippen LogP contribution in [0.5, 0.6) is 0 Å². The molecule has 4 heteroatoms. The lowest BCUT2D eigenvalue weighted by atomic mass is 9.90. The summed E-state index contributed by atoms with van der Waals surface area (Å²) in [4.78, 5) is 0. The molecule has 2 rings (SSSR count). The molecule has 0 aromatic heterocycles. The van der Waals surface area contributed by atoms with Gasteiger partial charge < -0.3 is 5.32 Å². The Balaban J connectivity index is 0.00000112. The van der Waals surface area contributed by atoms with Crippen molar-refractivity contribution in [3.63, 3.8) is 0 Å². The fourth-order valence-corrected chi connectivity index (χ4v) is 1.97. The van der Waals surface area contributed by atoms with Crippen molar-refractivity contribution in [1.29, 1.82) is 0 Å². The summed E-state index contributed by atoms with van der Waals surface area (Å²) in [6.45, 7) is 2.26. The number of hydrogen-bond acceptors (Lipinski definition) is 1. The van der Waals surface area contributed by atoms with Crippen LogP contribution in [0.4, 0.5) is 8.78 Å². The van der Waals surface area contributed by atoms with Crippen molar-refractivity contribution < 1.29 is 8.78 Å². The Morgan fingerprint density at radius 3 is 2.73 bits per heavy atom. The summed E-state index contributed by atoms with van der Waals surface area (Å²) in [6.07, 6.45) is -0.417. The summed E-state index contributed by atoms with van der Waals surface area (Å²) < 4.78 is 26.0. The van der Waals surface area contributed by atoms with Gasteiger partial charge in [-0.05, 0) is 24.6 Å². The first-order chi connectivity index (χ1) is 6.60. The van der Waals surface area contributed by atoms with Crippen LogP contribution in [0.25, 0.3) is 0 Å². The Kier molecular flexibility index (Phi) is 3.68. The zero-order valence-electron chi connectivity index (χ0n) is 8.47. The van der Waals surface area contributed by atoms with Crippen molar-refractivity contribution in [3.05, 3.63) is 35.6 Å². The van der Waals surface area contributed by atoms with Crippen LogP contribution in [-0.2, 0) is 5.54 Å². The first kappa shape index (κ1) is 12.4. The predicted molar refractivity (Wildman–Crippen MR) is 58.5 cm³/mol. The molecule has 0 bridgehead atoms. The van der Waals surface area contributed by atoms with Crippen LogP contribution in [0.1, 0.15) is 18.9 Å². The fraction of sp³-hybridized carbons (Fsp3) is 0.455. The number of nitrogens with one attached hydrogen (secondary N) is 1. The molecule has 0 saturated carbocycles. The quantitative estimate of drug-likeness (QED) is 0.787. The van der Waals surface area contributed by atoms with Gasteiger partial charge in [0, 0.05) is 18.5 Å². The van der Waals surface area contributed by atoms with E-state index < -0.39 is 11.7 Å². The van der Waals surface area contributed by atoms with Gasteiger partial charge in [0.2, 0.25) is 0 Å². The van der Waals surface area contributed by atoms with E-state index in [-0.39, 0.29) is 18.2 Å². The second-order valence-electron chi connectivity index (χ2n) is 4.02. The van der Waals surface area contributed by atoms with Gasteiger partial charge in [-0.25, -0.2) is 8.78 Å². The molecule has 0 radical (unpaired) electrons. The van der Waals surface area contributed by atoms with E-state index in [9.17, 15) is 8.78 Å². The van der Waals surface area contributed by atoms with Crippen LogP contribution in [0.15, 0.2) is 24.3 Å². The largest absolute Gasteiger partial charge is 0.305 e. The van der Waals surface area contributed by atoms with E-state index in [1.807, 2.05) is 13.0 Å². The lowest BCUT2D eigenvalue weighted by molar-refractivity contribution is 0.333. The second-order valence-corrected chi connectivity index (χ2v) is 4.02. The molecule has 0 amide bonds. The zero-order chi connectivity index (χ0) is 10.2. The Bertz CT molecular complexity index is 345. The minimum absolute atomic E-state index is 0. The lowest BCUT2D eigenvalue weighted by Crippen LogP contribution is -2.33. The highest BCUT2D eigenvalue weighted by atomic mass is 35.5. The molecule has 0 aliphatic carbocycles. The van der Waals surface area contributed by atoms with E-state index in [1.54, 1.807) is 6.07 Å². The van der Waals surface area contributed by atoms with Gasteiger partial charge in [0.1, 0.15) is 12.0 Å². The van der Waals surface area contributed by atoms with Gasteiger partial charge in [-0.1, -0.05) is 12.1 Å². The monoisotopic (exact) mass is 233 g/mol. The van der Waals surface area contributed by atoms with E-state index >= 15 is 0 Å². The van der Waals surface area contributed by atoms with Crippen LogP contribution in [-0.4, -0.2) is 12.7 Å². The zero-order valence-corrected chi connectivity index (χ0v) is 9.28. The molecule has 0 spiro atoms. The van der Waals surface area contributed by atoms with Crippen molar-refractivity contribution >= 4 is 12.4 Å². The average molecular weight is 234 g/mol. The summed E-state index contributed by atoms with van der Waals surface area (Å²) in [5.74, 6) is -0.271. The normalized spacial score (nSPS) is 29.9. The molecule has 1 N–H and O–H groups in total. The molecular formula is C11H14ClF2N. The highest BCUT2D eigenvalue weighted by Gasteiger charge is 2.36. The molecule has 84 valence electrons. The number of benzene rings is 1. The molecule has 1 heterocycles. The van der Waals surface area contributed by atoms with Gasteiger partial charge in [0.25, 0.3) is 0 Å². The maximum Gasteiger partial charge on any atom is 0.123 e. The molecular weight excluding hydrogens is 220 g/mol. The topological polar surface area (TPSA) is 12.0 Å². The maximum absolute atomic E-state index is 13.0. The van der Waals surface area contributed by atoms with Crippen LogP contribution in [0.2, 0.25) is 0 Å². The van der Waals surface area contributed by atoms with Crippen LogP contribution in [0.3, 0.4) is 0 Å². The molecule has 1 saturated heterocycles. The Morgan fingerprint density at radius 1 is 1.47 bits per heavy atom. The minimum atomic E-state index is -0.830. The van der Waals surface area contributed by atoms with Crippen LogP contribution < -0.4 is 5.32 Å². The van der Waals surface area contributed by atoms with Crippen molar-refractivity contribution in [1.82, 2.24) is 5.32 Å². The number of hydrogen-bond donors (Lipinski definition) is 1. The van der Waals surface area contributed by atoms with Crippen LogP contribution >= 0.6 is 12.4 Å². The van der Waals surface area contributed by atoms with E-state index in [4.69, 9.17) is 0 Å². The summed E-state index contributed by atoms with van der Waals surface area (Å²) in [5.41, 5.74) is 0.402. The van der Waals surface area contributed by atoms with E-state index in [2.05, 4.69) is 5.32 Å². The van der Waals surface area contributed by atoms with E-state index in [0.717, 1.165) is 5.56 Å². The van der Waals surface area contributed by atoms with Crippen molar-refractivity contribution in [2.75, 3.05) is 6.54 Å². The van der Waals surface area contributed by atoms with Crippen molar-refractivity contribution in [3.8, 4) is 0 Å². The Labute approximate surface area is 94.3 Å². The molecule has 1 aromatic carbocycles. The van der Waals surface area contributed by atoms with Gasteiger partial charge in [-0.2, -0.15) is 0 Å². The first-order valence-corrected chi connectivity index (χ1v) is 4.75. The number of halogens is 3. The Hall–Kier alpha value is -0.670. The molecule has 1 nitrogen and oxygen atoms in total. The lowest BCUT2D eigenvalue weighted by Gasteiger charge is -2.24. The second kappa shape index (κ2) is 4.45. The third-order valence-corrected chi connectivity index (χ3v) is 2.81. The fourth-order valence-electron chi connectivity index (χ4n) is 1.97. The van der Waals surface area contributed by atoms with Gasteiger partial charge in [0.15, 0.2) is 0 Å². The third kappa shape index (κ3) is 2.47. The molecule has 2 unspecified atom stereocenters. The van der Waals surface area contributed by atoms with Crippen molar-refractivity contribution in [2.45, 2.75) is 25.1 Å². The van der Waals surface area contributed by atoms with E-state index in [0.29, 0.717) is 13.0 Å². The maximum atomic E-state index is 13.0. The molecule has 1 aliphatic heterocycles. The predicted octanol–water partition coefficient (Wildman–Crippen LogP) is 2.79. The highest BCUT2D eigenvalue weighted by molar-refractivity contribution is 5.85. The average Bonchev–Trinajstić information content (AvgIpc) is 2.48. The van der Waals surface area contributed by atoms with Crippen LogP contribution in [0, 0.1) is 5.82 Å². The van der Waals surface area contributed by atoms with Gasteiger partial charge in [-0.15, -0.1) is 12.4 Å². The smallest absolute Gasteiger partial charge is 0.123 e. The minimum Gasteiger partial charge on any atom is -0.305 e. The summed E-state index contributed by atoms with van der Waals surface area (Å²) in [6, 6.07) is 6.34. The number of alkyl halides is 1. The number of rotatable bonds is 1.